The van der Waals surface area contributed by atoms with Crippen molar-refractivity contribution in [2.75, 3.05) is 41.4 Å². The lowest BCUT2D eigenvalue weighted by molar-refractivity contribution is -0.140. The number of aliphatic hydroxyl groups excluding tert-OH is 1. The van der Waals surface area contributed by atoms with Crippen LogP contribution in [0.25, 0.3) is 5.76 Å². The van der Waals surface area contributed by atoms with Gasteiger partial charge in [-0.15, -0.1) is 0 Å². The first-order valence-electron chi connectivity index (χ1n) is 10.3. The first-order chi connectivity index (χ1) is 15.1. The molecule has 1 saturated heterocycles. The van der Waals surface area contributed by atoms with E-state index in [0.717, 1.165) is 0 Å². The first kappa shape index (κ1) is 23.3. The molecule has 1 aromatic carbocycles. The van der Waals surface area contributed by atoms with E-state index in [0.29, 0.717) is 47.1 Å². The van der Waals surface area contributed by atoms with Crippen LogP contribution in [0.5, 0.6) is 11.5 Å². The third kappa shape index (κ3) is 3.95. The molecule has 3 rings (SSSR count). The lowest BCUT2D eigenvalue weighted by atomic mass is 9.94. The molecule has 0 spiro atoms. The topological polar surface area (TPSA) is 97.1 Å². The smallest absolute Gasteiger partial charge is 0.295 e. The highest BCUT2D eigenvalue weighted by Crippen LogP contribution is 2.42. The number of likely N-dealkylation sites (N-methyl/N-ethyl adjacent to an activating group) is 1. The quantitative estimate of drug-likeness (QED) is 0.398. The molecule has 1 aliphatic heterocycles. The SMILES string of the molecule is COc1ccc(C2/C(=C(\O)c3c(C)nn(C)c3C)C(=O)C(=O)N2CCN(C)C)cc1OC. The molecule has 172 valence electrons. The number of nitrogens with zero attached hydrogens (tertiary/aromatic N) is 4. The molecule has 1 aromatic heterocycles. The van der Waals surface area contributed by atoms with Crippen LogP contribution in [0.15, 0.2) is 23.8 Å². The summed E-state index contributed by atoms with van der Waals surface area (Å²) in [6.07, 6.45) is 0. The van der Waals surface area contributed by atoms with Crippen molar-refractivity contribution >= 4 is 17.4 Å². The molecule has 1 fully saturated rings. The zero-order valence-electron chi connectivity index (χ0n) is 19.6. The standard InChI is InChI=1S/C23H30N4O5/c1-13-18(14(2)26(5)24-13)21(28)19-20(15-8-9-16(31-6)17(12-15)32-7)27(11-10-25(3)4)23(30)22(19)29/h8-9,12,20,28H,10-11H2,1-7H3/b21-19+. The molecule has 2 heterocycles. The number of carbonyl (C=O) groups excluding carboxylic acids is 2. The van der Waals surface area contributed by atoms with Crippen LogP contribution in [0.2, 0.25) is 0 Å². The molecular weight excluding hydrogens is 412 g/mol. The van der Waals surface area contributed by atoms with E-state index in [1.807, 2.05) is 25.9 Å². The zero-order valence-corrected chi connectivity index (χ0v) is 19.6. The molecule has 1 aliphatic rings. The Hall–Kier alpha value is -3.33. The highest BCUT2D eigenvalue weighted by molar-refractivity contribution is 6.46. The van der Waals surface area contributed by atoms with Crippen molar-refractivity contribution in [3.63, 3.8) is 0 Å². The number of carbonyl (C=O) groups is 2. The van der Waals surface area contributed by atoms with E-state index >= 15 is 0 Å². The van der Waals surface area contributed by atoms with Gasteiger partial charge in [-0.2, -0.15) is 5.10 Å². The highest BCUT2D eigenvalue weighted by Gasteiger charge is 2.46. The van der Waals surface area contributed by atoms with Gasteiger partial charge in [-0.1, -0.05) is 6.07 Å². The number of amides is 1. The van der Waals surface area contributed by atoms with Crippen LogP contribution in [-0.2, 0) is 16.6 Å². The predicted molar refractivity (Wildman–Crippen MR) is 120 cm³/mol. The number of benzene rings is 1. The normalized spacial score (nSPS) is 18.0. The molecule has 1 unspecified atom stereocenters. The van der Waals surface area contributed by atoms with Crippen molar-refractivity contribution in [3.8, 4) is 11.5 Å². The second-order valence-corrected chi connectivity index (χ2v) is 8.08. The third-order valence-electron chi connectivity index (χ3n) is 5.80. The summed E-state index contributed by atoms with van der Waals surface area (Å²) in [7, 11) is 8.61. The molecule has 32 heavy (non-hydrogen) atoms. The second-order valence-electron chi connectivity index (χ2n) is 8.08. The molecule has 1 atom stereocenters. The Morgan fingerprint density at radius 1 is 1.16 bits per heavy atom. The molecule has 1 N–H and O–H groups in total. The molecule has 0 radical (unpaired) electrons. The maximum Gasteiger partial charge on any atom is 0.295 e. The van der Waals surface area contributed by atoms with Crippen LogP contribution < -0.4 is 9.47 Å². The summed E-state index contributed by atoms with van der Waals surface area (Å²) in [6.45, 7) is 4.44. The molecule has 2 aromatic rings. The molecule has 0 aliphatic carbocycles. The predicted octanol–water partition coefficient (Wildman–Crippen LogP) is 2.04. The van der Waals surface area contributed by atoms with E-state index in [1.165, 1.54) is 19.1 Å². The van der Waals surface area contributed by atoms with Crippen molar-refractivity contribution < 1.29 is 24.2 Å². The lowest BCUT2D eigenvalue weighted by Crippen LogP contribution is -2.35. The fourth-order valence-electron chi connectivity index (χ4n) is 4.04. The van der Waals surface area contributed by atoms with Gasteiger partial charge in [-0.05, 0) is 45.6 Å². The number of ether oxygens (including phenoxy) is 2. The minimum absolute atomic E-state index is 0.0418. The largest absolute Gasteiger partial charge is 0.507 e. The minimum atomic E-state index is -0.770. The van der Waals surface area contributed by atoms with E-state index in [1.54, 1.807) is 36.9 Å². The monoisotopic (exact) mass is 442 g/mol. The zero-order chi connectivity index (χ0) is 23.7. The van der Waals surface area contributed by atoms with Gasteiger partial charge in [0, 0.05) is 25.8 Å². The van der Waals surface area contributed by atoms with E-state index in [-0.39, 0.29) is 11.3 Å². The Balaban J connectivity index is 2.24. The summed E-state index contributed by atoms with van der Waals surface area (Å²) in [5.41, 5.74) is 2.42. The summed E-state index contributed by atoms with van der Waals surface area (Å²) in [6, 6.07) is 4.46. The Morgan fingerprint density at radius 2 is 1.81 bits per heavy atom. The summed E-state index contributed by atoms with van der Waals surface area (Å²) in [5, 5.41) is 15.6. The van der Waals surface area contributed by atoms with Gasteiger partial charge >= 0.3 is 0 Å². The Morgan fingerprint density at radius 3 is 2.34 bits per heavy atom. The van der Waals surface area contributed by atoms with Crippen LogP contribution >= 0.6 is 0 Å². The minimum Gasteiger partial charge on any atom is -0.507 e. The number of hydrogen-bond acceptors (Lipinski definition) is 7. The van der Waals surface area contributed by atoms with Crippen molar-refractivity contribution in [1.29, 1.82) is 0 Å². The van der Waals surface area contributed by atoms with E-state index in [9.17, 15) is 14.7 Å². The van der Waals surface area contributed by atoms with Crippen molar-refractivity contribution in [2.45, 2.75) is 19.9 Å². The molecule has 9 heteroatoms. The third-order valence-corrected chi connectivity index (χ3v) is 5.80. The number of aliphatic hydroxyl groups is 1. The number of rotatable bonds is 7. The fraction of sp³-hybridized carbons (Fsp3) is 0.435. The summed E-state index contributed by atoms with van der Waals surface area (Å²) in [5.74, 6) is -0.591. The maximum absolute atomic E-state index is 13.2. The average Bonchev–Trinajstić information content (AvgIpc) is 3.16. The second kappa shape index (κ2) is 9.04. The van der Waals surface area contributed by atoms with Crippen LogP contribution in [-0.4, -0.2) is 77.8 Å². The summed E-state index contributed by atoms with van der Waals surface area (Å²) < 4.78 is 12.4. The lowest BCUT2D eigenvalue weighted by Gasteiger charge is -2.27. The average molecular weight is 443 g/mol. The van der Waals surface area contributed by atoms with Crippen LogP contribution in [0, 0.1) is 13.8 Å². The van der Waals surface area contributed by atoms with Crippen LogP contribution in [0.3, 0.4) is 0 Å². The molecule has 9 nitrogen and oxygen atoms in total. The molecular formula is C23H30N4O5. The fourth-order valence-corrected chi connectivity index (χ4v) is 4.04. The van der Waals surface area contributed by atoms with Gasteiger partial charge in [0.25, 0.3) is 11.7 Å². The van der Waals surface area contributed by atoms with E-state index < -0.39 is 17.7 Å². The van der Waals surface area contributed by atoms with Crippen molar-refractivity contribution in [1.82, 2.24) is 19.6 Å². The maximum atomic E-state index is 13.2. The van der Waals surface area contributed by atoms with Gasteiger partial charge in [0.2, 0.25) is 0 Å². The Kier molecular flexibility index (Phi) is 6.59. The first-order valence-corrected chi connectivity index (χ1v) is 10.3. The Labute approximate surface area is 187 Å². The number of aromatic nitrogens is 2. The Bertz CT molecular complexity index is 1090. The van der Waals surface area contributed by atoms with Crippen molar-refractivity contribution in [2.24, 2.45) is 7.05 Å². The number of ketones is 1. The van der Waals surface area contributed by atoms with Crippen molar-refractivity contribution in [3.05, 3.63) is 46.3 Å². The number of Topliss-reactive ketones (excluding diaryl/α,β-unsaturated/α-hetero) is 1. The number of likely N-dealkylation sites (tertiary alicyclic amines) is 1. The highest BCUT2D eigenvalue weighted by atomic mass is 16.5. The number of aryl methyl sites for hydroxylation is 2. The van der Waals surface area contributed by atoms with Gasteiger partial charge < -0.3 is 24.4 Å². The molecule has 0 bridgehead atoms. The van der Waals surface area contributed by atoms with Crippen LogP contribution in [0.4, 0.5) is 0 Å². The molecule has 0 saturated carbocycles. The van der Waals surface area contributed by atoms with Gasteiger partial charge in [0.15, 0.2) is 11.5 Å². The number of hydrogen-bond donors (Lipinski definition) is 1. The van der Waals surface area contributed by atoms with Gasteiger partial charge in [0.1, 0.15) is 5.76 Å². The summed E-state index contributed by atoms with van der Waals surface area (Å²) in [4.78, 5) is 29.6. The molecule has 1 amide bonds. The number of methoxy groups -OCH3 is 2. The van der Waals surface area contributed by atoms with Gasteiger partial charge in [0.05, 0.1) is 37.1 Å². The van der Waals surface area contributed by atoms with Gasteiger partial charge in [-0.25, -0.2) is 0 Å². The van der Waals surface area contributed by atoms with Gasteiger partial charge in [-0.3, -0.25) is 14.3 Å². The van der Waals surface area contributed by atoms with Crippen LogP contribution in [0.1, 0.15) is 28.6 Å². The van der Waals surface area contributed by atoms with E-state index in [2.05, 4.69) is 5.10 Å². The summed E-state index contributed by atoms with van der Waals surface area (Å²) >= 11 is 0. The van der Waals surface area contributed by atoms with E-state index in [4.69, 9.17) is 9.47 Å².